The normalized spacial score (nSPS) is 19.7. The van der Waals surface area contributed by atoms with E-state index in [-0.39, 0.29) is 18.1 Å². The van der Waals surface area contributed by atoms with Crippen LogP contribution in [0.5, 0.6) is 0 Å². The van der Waals surface area contributed by atoms with Crippen LogP contribution in [0.15, 0.2) is 0 Å². The molecule has 0 aromatic heterocycles. The lowest BCUT2D eigenvalue weighted by molar-refractivity contribution is -0.142. The van der Waals surface area contributed by atoms with Gasteiger partial charge in [0.05, 0.1) is 12.2 Å². The summed E-state index contributed by atoms with van der Waals surface area (Å²) in [6.07, 6.45) is 2.33. The fourth-order valence-electron chi connectivity index (χ4n) is 2.07. The van der Waals surface area contributed by atoms with E-state index >= 15 is 0 Å². The molecular formula is C14H28N2O3. The Morgan fingerprint density at radius 1 is 1.42 bits per heavy atom. The van der Waals surface area contributed by atoms with Crippen LogP contribution >= 0.6 is 0 Å². The van der Waals surface area contributed by atoms with Gasteiger partial charge in [-0.3, -0.25) is 4.79 Å². The van der Waals surface area contributed by atoms with Gasteiger partial charge in [-0.15, -0.1) is 0 Å². The number of nitrogens with one attached hydrogen (secondary N) is 1. The fraction of sp³-hybridized carbons (Fsp3) is 0.929. The summed E-state index contributed by atoms with van der Waals surface area (Å²) in [5.74, 6) is 0.0423. The summed E-state index contributed by atoms with van der Waals surface area (Å²) < 4.78 is 10.6. The Bertz CT molecular complexity index is 270. The molecule has 1 saturated heterocycles. The van der Waals surface area contributed by atoms with Crippen molar-refractivity contribution in [3.05, 3.63) is 0 Å². The Morgan fingerprint density at radius 3 is 2.68 bits per heavy atom. The van der Waals surface area contributed by atoms with Gasteiger partial charge in [-0.25, -0.2) is 0 Å². The van der Waals surface area contributed by atoms with Gasteiger partial charge in [-0.05, 0) is 40.2 Å². The maximum Gasteiger partial charge on any atom is 0.248 e. The van der Waals surface area contributed by atoms with Crippen molar-refractivity contribution in [3.8, 4) is 0 Å². The number of hydrogen-bond donors (Lipinski definition) is 1. The molecule has 0 spiro atoms. The Labute approximate surface area is 116 Å². The Kier molecular flexibility index (Phi) is 6.75. The third-order valence-corrected chi connectivity index (χ3v) is 3.15. The van der Waals surface area contributed by atoms with Gasteiger partial charge in [-0.2, -0.15) is 0 Å². The minimum absolute atomic E-state index is 0.0423. The van der Waals surface area contributed by atoms with Crippen LogP contribution in [0.25, 0.3) is 0 Å². The molecular weight excluding hydrogens is 244 g/mol. The molecule has 112 valence electrons. The first-order chi connectivity index (χ1) is 8.92. The minimum Gasteiger partial charge on any atom is -0.383 e. The third-order valence-electron chi connectivity index (χ3n) is 3.15. The average Bonchev–Trinajstić information content (AvgIpc) is 2.83. The van der Waals surface area contributed by atoms with E-state index in [4.69, 9.17) is 9.47 Å². The predicted octanol–water partition coefficient (Wildman–Crippen LogP) is 1.03. The standard InChI is InChI=1S/C14H28N2O3/c1-14(2,3)19-11-13(17)16(8-9-18-4)10-12-6-5-7-15-12/h12,15H,5-11H2,1-4H3. The lowest BCUT2D eigenvalue weighted by Crippen LogP contribution is -2.44. The van der Waals surface area contributed by atoms with Crippen LogP contribution < -0.4 is 5.32 Å². The van der Waals surface area contributed by atoms with E-state index in [9.17, 15) is 4.79 Å². The van der Waals surface area contributed by atoms with Crippen molar-refractivity contribution in [2.45, 2.75) is 45.3 Å². The quantitative estimate of drug-likeness (QED) is 0.752. The van der Waals surface area contributed by atoms with E-state index in [2.05, 4.69) is 5.32 Å². The van der Waals surface area contributed by atoms with Crippen LogP contribution in [0.4, 0.5) is 0 Å². The van der Waals surface area contributed by atoms with Crippen molar-refractivity contribution in [1.29, 1.82) is 0 Å². The van der Waals surface area contributed by atoms with Gasteiger partial charge in [0.25, 0.3) is 0 Å². The molecule has 1 atom stereocenters. The zero-order valence-electron chi connectivity index (χ0n) is 12.7. The van der Waals surface area contributed by atoms with E-state index in [1.54, 1.807) is 7.11 Å². The van der Waals surface area contributed by atoms with Gasteiger partial charge in [0.1, 0.15) is 6.61 Å². The van der Waals surface area contributed by atoms with Gasteiger partial charge < -0.3 is 19.7 Å². The molecule has 19 heavy (non-hydrogen) atoms. The predicted molar refractivity (Wildman–Crippen MR) is 75.2 cm³/mol. The van der Waals surface area contributed by atoms with Gasteiger partial charge in [0, 0.05) is 26.2 Å². The largest absolute Gasteiger partial charge is 0.383 e. The number of carbonyl (C=O) groups excluding carboxylic acids is 1. The van der Waals surface area contributed by atoms with Crippen molar-refractivity contribution in [2.24, 2.45) is 0 Å². The lowest BCUT2D eigenvalue weighted by atomic mass is 10.2. The van der Waals surface area contributed by atoms with Gasteiger partial charge in [-0.1, -0.05) is 0 Å². The molecule has 0 saturated carbocycles. The highest BCUT2D eigenvalue weighted by molar-refractivity contribution is 5.77. The molecule has 1 heterocycles. The van der Waals surface area contributed by atoms with Crippen molar-refractivity contribution in [2.75, 3.05) is 40.0 Å². The summed E-state index contributed by atoms with van der Waals surface area (Å²) in [7, 11) is 1.65. The van der Waals surface area contributed by atoms with Crippen LogP contribution in [0.3, 0.4) is 0 Å². The molecule has 0 aromatic carbocycles. The van der Waals surface area contributed by atoms with Crippen molar-refractivity contribution in [3.63, 3.8) is 0 Å². The highest BCUT2D eigenvalue weighted by Crippen LogP contribution is 2.10. The van der Waals surface area contributed by atoms with Crippen molar-refractivity contribution >= 4 is 5.91 Å². The summed E-state index contributed by atoms with van der Waals surface area (Å²) in [5, 5.41) is 3.42. The Balaban J connectivity index is 2.43. The van der Waals surface area contributed by atoms with Crippen LogP contribution in [-0.2, 0) is 14.3 Å². The van der Waals surface area contributed by atoms with E-state index in [0.29, 0.717) is 19.2 Å². The second-order valence-electron chi connectivity index (χ2n) is 6.03. The number of nitrogens with zero attached hydrogens (tertiary/aromatic N) is 1. The zero-order chi connectivity index (χ0) is 14.3. The molecule has 1 aliphatic rings. The number of ether oxygens (including phenoxy) is 2. The maximum atomic E-state index is 12.2. The molecule has 0 aliphatic carbocycles. The Morgan fingerprint density at radius 2 is 2.16 bits per heavy atom. The summed E-state index contributed by atoms with van der Waals surface area (Å²) in [5.41, 5.74) is -0.284. The molecule has 1 amide bonds. The van der Waals surface area contributed by atoms with E-state index < -0.39 is 0 Å². The molecule has 5 heteroatoms. The van der Waals surface area contributed by atoms with Crippen LogP contribution in [0, 0.1) is 0 Å². The van der Waals surface area contributed by atoms with Gasteiger partial charge in [0.2, 0.25) is 5.91 Å². The van der Waals surface area contributed by atoms with E-state index in [1.807, 2.05) is 25.7 Å². The smallest absolute Gasteiger partial charge is 0.248 e. The Hall–Kier alpha value is -0.650. The van der Waals surface area contributed by atoms with E-state index in [1.165, 1.54) is 6.42 Å². The molecule has 0 radical (unpaired) electrons. The summed E-state index contributed by atoms with van der Waals surface area (Å²) in [4.78, 5) is 14.0. The highest BCUT2D eigenvalue weighted by atomic mass is 16.5. The van der Waals surface area contributed by atoms with Gasteiger partial charge >= 0.3 is 0 Å². The fourth-order valence-corrected chi connectivity index (χ4v) is 2.07. The number of hydrogen-bond acceptors (Lipinski definition) is 4. The van der Waals surface area contributed by atoms with Crippen LogP contribution in [0.2, 0.25) is 0 Å². The molecule has 5 nitrogen and oxygen atoms in total. The van der Waals surface area contributed by atoms with Crippen LogP contribution in [0.1, 0.15) is 33.6 Å². The molecule has 1 unspecified atom stereocenters. The van der Waals surface area contributed by atoms with Crippen molar-refractivity contribution < 1.29 is 14.3 Å². The number of amides is 1. The number of carbonyl (C=O) groups is 1. The second-order valence-corrected chi connectivity index (χ2v) is 6.03. The highest BCUT2D eigenvalue weighted by Gasteiger charge is 2.22. The number of rotatable bonds is 7. The SMILES string of the molecule is COCCN(CC1CCCN1)C(=O)COC(C)(C)C. The first kappa shape index (κ1) is 16.4. The summed E-state index contributed by atoms with van der Waals surface area (Å²) in [6, 6.07) is 0.412. The minimum atomic E-state index is -0.284. The molecule has 1 N–H and O–H groups in total. The summed E-state index contributed by atoms with van der Waals surface area (Å²) in [6.45, 7) is 9.00. The van der Waals surface area contributed by atoms with E-state index in [0.717, 1.165) is 19.5 Å². The molecule has 1 fully saturated rings. The zero-order valence-corrected chi connectivity index (χ0v) is 12.7. The molecule has 0 aromatic rings. The van der Waals surface area contributed by atoms with Crippen molar-refractivity contribution in [1.82, 2.24) is 10.2 Å². The van der Waals surface area contributed by atoms with Gasteiger partial charge in [0.15, 0.2) is 0 Å². The molecule has 0 bridgehead atoms. The number of methoxy groups -OCH3 is 1. The van der Waals surface area contributed by atoms with Crippen LogP contribution in [-0.4, -0.2) is 62.4 Å². The molecule has 1 aliphatic heterocycles. The monoisotopic (exact) mass is 272 g/mol. The first-order valence-electron chi connectivity index (χ1n) is 7.06. The average molecular weight is 272 g/mol. The second kappa shape index (κ2) is 7.82. The lowest BCUT2D eigenvalue weighted by Gasteiger charge is -2.27. The molecule has 1 rings (SSSR count). The topological polar surface area (TPSA) is 50.8 Å². The third kappa shape index (κ3) is 6.89. The summed E-state index contributed by atoms with van der Waals surface area (Å²) >= 11 is 0. The maximum absolute atomic E-state index is 12.2. The first-order valence-corrected chi connectivity index (χ1v) is 7.06.